The highest BCUT2D eigenvalue weighted by Gasteiger charge is 2.12. The van der Waals surface area contributed by atoms with E-state index in [1.54, 1.807) is 42.5 Å². The number of rotatable bonds is 10. The zero-order valence-electron chi connectivity index (χ0n) is 20.4. The van der Waals surface area contributed by atoms with Crippen molar-refractivity contribution in [1.82, 2.24) is 0 Å². The van der Waals surface area contributed by atoms with Crippen molar-refractivity contribution in [3.8, 4) is 11.5 Å². The number of hydrogen-bond acceptors (Lipinski definition) is 6. The number of ether oxygens (including phenoxy) is 2. The quantitative estimate of drug-likeness (QED) is 0.300. The van der Waals surface area contributed by atoms with E-state index < -0.39 is 18.5 Å². The first-order valence-electron chi connectivity index (χ1n) is 11.4. The third kappa shape index (κ3) is 8.39. The molecule has 0 spiro atoms. The molecule has 0 aliphatic heterocycles. The van der Waals surface area contributed by atoms with Gasteiger partial charge in [-0.1, -0.05) is 18.2 Å². The lowest BCUT2D eigenvalue weighted by atomic mass is 10.1. The van der Waals surface area contributed by atoms with Gasteiger partial charge in [-0.2, -0.15) is 0 Å². The number of benzene rings is 3. The molecule has 3 aromatic carbocycles. The highest BCUT2D eigenvalue weighted by Crippen LogP contribution is 2.25. The maximum atomic E-state index is 12.2. The molecule has 0 saturated carbocycles. The van der Waals surface area contributed by atoms with E-state index in [2.05, 4.69) is 16.7 Å². The van der Waals surface area contributed by atoms with E-state index in [1.165, 1.54) is 13.0 Å². The van der Waals surface area contributed by atoms with Crippen LogP contribution < -0.4 is 15.4 Å². The van der Waals surface area contributed by atoms with Crippen molar-refractivity contribution in [1.29, 1.82) is 0 Å². The van der Waals surface area contributed by atoms with Gasteiger partial charge in [0, 0.05) is 23.4 Å². The van der Waals surface area contributed by atoms with Crippen LogP contribution in [-0.4, -0.2) is 30.2 Å². The monoisotopic (exact) mass is 488 g/mol. The largest absolute Gasteiger partial charge is 0.457 e. The lowest BCUT2D eigenvalue weighted by Crippen LogP contribution is -2.22. The van der Waals surface area contributed by atoms with Crippen LogP contribution in [0.3, 0.4) is 0 Å². The van der Waals surface area contributed by atoms with E-state index in [1.807, 2.05) is 26.0 Å². The summed E-state index contributed by atoms with van der Waals surface area (Å²) in [5.41, 5.74) is 3.65. The smallest absolute Gasteiger partial charge is 0.306 e. The molecule has 186 valence electrons. The number of hydrogen-bond donors (Lipinski definition) is 2. The molecule has 2 amide bonds. The van der Waals surface area contributed by atoms with Crippen LogP contribution in [0.4, 0.5) is 11.4 Å². The second-order valence-corrected chi connectivity index (χ2v) is 8.34. The Labute approximate surface area is 209 Å². The molecule has 8 nitrogen and oxygen atoms in total. The summed E-state index contributed by atoms with van der Waals surface area (Å²) in [6.07, 6.45) is -0.269. The maximum Gasteiger partial charge on any atom is 0.306 e. The van der Waals surface area contributed by atoms with Crippen molar-refractivity contribution in [2.75, 3.05) is 17.2 Å². The van der Waals surface area contributed by atoms with Gasteiger partial charge in [-0.05, 0) is 80.4 Å². The molecule has 3 rings (SSSR count). The zero-order valence-corrected chi connectivity index (χ0v) is 20.4. The molecule has 0 bridgehead atoms. The Morgan fingerprint density at radius 1 is 0.722 bits per heavy atom. The number of esters is 1. The molecule has 0 saturated heterocycles. The van der Waals surface area contributed by atoms with Gasteiger partial charge in [-0.3, -0.25) is 19.2 Å². The van der Waals surface area contributed by atoms with E-state index >= 15 is 0 Å². The average molecular weight is 489 g/mol. The fraction of sp³-hybridized carbons (Fsp3) is 0.214. The Morgan fingerprint density at radius 2 is 1.39 bits per heavy atom. The van der Waals surface area contributed by atoms with Crippen LogP contribution in [0.2, 0.25) is 0 Å². The van der Waals surface area contributed by atoms with E-state index in [9.17, 15) is 19.2 Å². The number of aryl methyl sites for hydroxylation is 2. The van der Waals surface area contributed by atoms with Crippen LogP contribution in [0.5, 0.6) is 11.5 Å². The van der Waals surface area contributed by atoms with Gasteiger partial charge >= 0.3 is 5.97 Å². The number of anilines is 2. The van der Waals surface area contributed by atoms with Gasteiger partial charge in [-0.25, -0.2) is 0 Å². The molecule has 0 fully saturated rings. The van der Waals surface area contributed by atoms with E-state index in [-0.39, 0.29) is 24.5 Å². The summed E-state index contributed by atoms with van der Waals surface area (Å²) >= 11 is 0. The SMILES string of the molecule is CC(=O)c1cccc(NC(=O)COC(=O)CCC(=O)Nc2ccc(Oc3cc(C)cc(C)c3)cc2)c1. The van der Waals surface area contributed by atoms with Gasteiger partial charge in [0.2, 0.25) is 5.91 Å². The molecule has 0 aliphatic carbocycles. The summed E-state index contributed by atoms with van der Waals surface area (Å²) in [6.45, 7) is 4.93. The Balaban J connectivity index is 1.39. The lowest BCUT2D eigenvalue weighted by Gasteiger charge is -2.10. The van der Waals surface area contributed by atoms with Crippen molar-refractivity contribution in [3.05, 3.63) is 83.4 Å². The van der Waals surface area contributed by atoms with Crippen molar-refractivity contribution in [2.24, 2.45) is 0 Å². The standard InChI is InChI=1S/C28H28N2O6/c1-18-13-19(2)15-25(14-18)36-24-9-7-22(8-10-24)29-26(32)11-12-28(34)35-17-27(33)30-23-6-4-5-21(16-23)20(3)31/h4-10,13-16H,11-12,17H2,1-3H3,(H,29,32)(H,30,33). The molecule has 0 heterocycles. The molecule has 0 radical (unpaired) electrons. The molecule has 0 unspecified atom stereocenters. The van der Waals surface area contributed by atoms with Crippen LogP contribution in [0.25, 0.3) is 0 Å². The second kappa shape index (κ2) is 12.3. The molecule has 2 N–H and O–H groups in total. The lowest BCUT2D eigenvalue weighted by molar-refractivity contribution is -0.147. The Morgan fingerprint density at radius 3 is 2.06 bits per heavy atom. The van der Waals surface area contributed by atoms with Crippen LogP contribution in [0.15, 0.2) is 66.7 Å². The summed E-state index contributed by atoms with van der Waals surface area (Å²) in [6, 6.07) is 19.3. The van der Waals surface area contributed by atoms with E-state index in [0.717, 1.165) is 16.9 Å². The summed E-state index contributed by atoms with van der Waals surface area (Å²) in [7, 11) is 0. The third-order valence-corrected chi connectivity index (χ3v) is 5.04. The van der Waals surface area contributed by atoms with E-state index in [0.29, 0.717) is 22.7 Å². The van der Waals surface area contributed by atoms with Crippen LogP contribution >= 0.6 is 0 Å². The molecule has 0 atom stereocenters. The fourth-order valence-electron chi connectivity index (χ4n) is 3.40. The van der Waals surface area contributed by atoms with Crippen molar-refractivity contribution < 1.29 is 28.7 Å². The molecule has 0 aliphatic rings. The van der Waals surface area contributed by atoms with Gasteiger partial charge in [0.1, 0.15) is 11.5 Å². The highest BCUT2D eigenvalue weighted by molar-refractivity contribution is 5.98. The number of ketones is 1. The first-order valence-corrected chi connectivity index (χ1v) is 11.4. The number of Topliss-reactive ketones (excluding diaryl/α,β-unsaturated/α-hetero) is 1. The predicted molar refractivity (Wildman–Crippen MR) is 136 cm³/mol. The molecule has 0 aromatic heterocycles. The summed E-state index contributed by atoms with van der Waals surface area (Å²) in [4.78, 5) is 47.5. The topological polar surface area (TPSA) is 111 Å². The summed E-state index contributed by atoms with van der Waals surface area (Å²) in [5, 5.41) is 5.27. The Bertz CT molecular complexity index is 1250. The first kappa shape index (κ1) is 26.2. The maximum absolute atomic E-state index is 12.2. The second-order valence-electron chi connectivity index (χ2n) is 8.34. The normalized spacial score (nSPS) is 10.3. The van der Waals surface area contributed by atoms with Crippen molar-refractivity contribution in [3.63, 3.8) is 0 Å². The fourth-order valence-corrected chi connectivity index (χ4v) is 3.40. The zero-order chi connectivity index (χ0) is 26.1. The first-order chi connectivity index (χ1) is 17.2. The average Bonchev–Trinajstić information content (AvgIpc) is 2.82. The molecule has 3 aromatic rings. The predicted octanol–water partition coefficient (Wildman–Crippen LogP) is 5.20. The van der Waals surface area contributed by atoms with E-state index in [4.69, 9.17) is 9.47 Å². The number of nitrogens with one attached hydrogen (secondary N) is 2. The summed E-state index contributed by atoms with van der Waals surface area (Å²) in [5.74, 6) is -0.335. The Hall–Kier alpha value is -4.46. The van der Waals surface area contributed by atoms with Crippen molar-refractivity contribution >= 4 is 34.9 Å². The van der Waals surface area contributed by atoms with Gasteiger partial charge in [0.15, 0.2) is 12.4 Å². The number of carbonyl (C=O) groups excluding carboxylic acids is 4. The number of carbonyl (C=O) groups is 4. The van der Waals surface area contributed by atoms with Gasteiger partial charge in [0.05, 0.1) is 6.42 Å². The van der Waals surface area contributed by atoms with Crippen LogP contribution in [0.1, 0.15) is 41.3 Å². The highest BCUT2D eigenvalue weighted by atomic mass is 16.5. The Kier molecular flexibility index (Phi) is 8.94. The van der Waals surface area contributed by atoms with Crippen LogP contribution in [0, 0.1) is 13.8 Å². The van der Waals surface area contributed by atoms with Crippen LogP contribution in [-0.2, 0) is 19.1 Å². The molecule has 8 heteroatoms. The minimum absolute atomic E-state index is 0.0953. The minimum Gasteiger partial charge on any atom is -0.457 e. The minimum atomic E-state index is -0.671. The molecular weight excluding hydrogens is 460 g/mol. The van der Waals surface area contributed by atoms with Crippen molar-refractivity contribution in [2.45, 2.75) is 33.6 Å². The van der Waals surface area contributed by atoms with Gasteiger partial charge < -0.3 is 20.1 Å². The number of amides is 2. The molecular formula is C28H28N2O6. The third-order valence-electron chi connectivity index (χ3n) is 5.04. The van der Waals surface area contributed by atoms with Gasteiger partial charge in [0.25, 0.3) is 5.91 Å². The summed E-state index contributed by atoms with van der Waals surface area (Å²) < 4.78 is 10.8. The van der Waals surface area contributed by atoms with Gasteiger partial charge in [-0.15, -0.1) is 0 Å². The molecule has 36 heavy (non-hydrogen) atoms.